The smallest absolute Gasteiger partial charge is 0.384 e. The molecule has 1 rings (SSSR count). The minimum Gasteiger partial charge on any atom is -0.384 e. The second-order valence-electron chi connectivity index (χ2n) is 4.01. The first kappa shape index (κ1) is 14.7. The van der Waals surface area contributed by atoms with E-state index in [-0.39, 0.29) is 12.6 Å². The summed E-state index contributed by atoms with van der Waals surface area (Å²) in [6.45, 7) is -1.25. The van der Waals surface area contributed by atoms with Crippen LogP contribution in [0, 0.1) is 0 Å². The summed E-state index contributed by atoms with van der Waals surface area (Å²) >= 11 is 0. The molecule has 1 atom stereocenters. The van der Waals surface area contributed by atoms with Crippen LogP contribution in [0.4, 0.5) is 19.0 Å². The van der Waals surface area contributed by atoms with Crippen LogP contribution in [0.15, 0.2) is 18.3 Å². The van der Waals surface area contributed by atoms with Crippen molar-refractivity contribution in [3.63, 3.8) is 0 Å². The normalized spacial score (nSPS) is 13.6. The zero-order valence-corrected chi connectivity index (χ0v) is 9.78. The Balaban J connectivity index is 2.24. The molecule has 0 saturated carbocycles. The van der Waals surface area contributed by atoms with Crippen LogP contribution in [-0.4, -0.2) is 30.4 Å². The Labute approximate surface area is 103 Å². The fourth-order valence-electron chi connectivity index (χ4n) is 1.45. The average molecular weight is 263 g/mol. The number of nitrogens with zero attached hydrogens (tertiary/aromatic N) is 1. The number of halogens is 3. The lowest BCUT2D eigenvalue weighted by atomic mass is 10.1. The van der Waals surface area contributed by atoms with Crippen molar-refractivity contribution in [2.24, 2.45) is 5.73 Å². The van der Waals surface area contributed by atoms with E-state index in [4.69, 9.17) is 11.5 Å². The number of anilines is 1. The zero-order chi connectivity index (χ0) is 13.6. The van der Waals surface area contributed by atoms with Gasteiger partial charge in [0, 0.05) is 18.8 Å². The Hall–Kier alpha value is -1.34. The SMILES string of the molecule is Nc1cc(CC(N)CCOCC(F)(F)F)ccn1. The molecule has 0 bridgehead atoms. The van der Waals surface area contributed by atoms with Crippen LogP contribution in [0.3, 0.4) is 0 Å². The van der Waals surface area contributed by atoms with E-state index < -0.39 is 12.8 Å². The van der Waals surface area contributed by atoms with Gasteiger partial charge in [0.2, 0.25) is 0 Å². The van der Waals surface area contributed by atoms with Gasteiger partial charge in [-0.05, 0) is 30.5 Å². The molecule has 0 aromatic carbocycles. The lowest BCUT2D eigenvalue weighted by Gasteiger charge is -2.13. The Morgan fingerprint density at radius 1 is 1.39 bits per heavy atom. The van der Waals surface area contributed by atoms with Crippen molar-refractivity contribution in [1.29, 1.82) is 0 Å². The van der Waals surface area contributed by atoms with Crippen LogP contribution >= 0.6 is 0 Å². The van der Waals surface area contributed by atoms with Gasteiger partial charge in [0.25, 0.3) is 0 Å². The highest BCUT2D eigenvalue weighted by Gasteiger charge is 2.27. The van der Waals surface area contributed by atoms with E-state index in [0.29, 0.717) is 18.7 Å². The van der Waals surface area contributed by atoms with Crippen LogP contribution in [-0.2, 0) is 11.2 Å². The van der Waals surface area contributed by atoms with Gasteiger partial charge in [0.05, 0.1) is 0 Å². The number of nitrogens with two attached hydrogens (primary N) is 2. The maximum Gasteiger partial charge on any atom is 0.411 e. The number of hydrogen-bond acceptors (Lipinski definition) is 4. The third kappa shape index (κ3) is 6.41. The van der Waals surface area contributed by atoms with Crippen LogP contribution in [0.1, 0.15) is 12.0 Å². The van der Waals surface area contributed by atoms with Crippen LogP contribution in [0.2, 0.25) is 0 Å². The molecular formula is C11H16F3N3O. The highest BCUT2D eigenvalue weighted by Crippen LogP contribution is 2.14. The minimum atomic E-state index is -4.29. The van der Waals surface area contributed by atoms with E-state index in [1.807, 2.05) is 0 Å². The summed E-state index contributed by atoms with van der Waals surface area (Å²) in [7, 11) is 0. The summed E-state index contributed by atoms with van der Waals surface area (Å²) in [4.78, 5) is 3.84. The molecule has 0 radical (unpaired) electrons. The first-order valence-corrected chi connectivity index (χ1v) is 5.47. The Kier molecular flexibility index (Phi) is 5.36. The molecule has 0 amide bonds. The monoisotopic (exact) mass is 263 g/mol. The first-order chi connectivity index (χ1) is 8.37. The molecule has 1 aromatic rings. The van der Waals surface area contributed by atoms with E-state index in [1.165, 1.54) is 0 Å². The molecule has 0 aliphatic rings. The Morgan fingerprint density at radius 2 is 2.11 bits per heavy atom. The molecule has 0 aliphatic heterocycles. The predicted octanol–water partition coefficient (Wildman–Crippen LogP) is 1.50. The van der Waals surface area contributed by atoms with Gasteiger partial charge in [-0.25, -0.2) is 4.98 Å². The Morgan fingerprint density at radius 3 is 2.72 bits per heavy atom. The van der Waals surface area contributed by atoms with Crippen molar-refractivity contribution in [2.75, 3.05) is 18.9 Å². The van der Waals surface area contributed by atoms with Crippen LogP contribution < -0.4 is 11.5 Å². The molecule has 18 heavy (non-hydrogen) atoms. The fourth-order valence-corrected chi connectivity index (χ4v) is 1.45. The summed E-state index contributed by atoms with van der Waals surface area (Å²) in [5, 5.41) is 0. The molecule has 4 N–H and O–H groups in total. The number of nitrogen functional groups attached to an aromatic ring is 1. The van der Waals surface area contributed by atoms with Gasteiger partial charge in [-0.1, -0.05) is 0 Å². The molecule has 1 unspecified atom stereocenters. The van der Waals surface area contributed by atoms with Crippen LogP contribution in [0.5, 0.6) is 0 Å². The first-order valence-electron chi connectivity index (χ1n) is 5.47. The predicted molar refractivity (Wildman–Crippen MR) is 61.8 cm³/mol. The molecule has 1 heterocycles. The van der Waals surface area contributed by atoms with Gasteiger partial charge < -0.3 is 16.2 Å². The van der Waals surface area contributed by atoms with E-state index >= 15 is 0 Å². The molecule has 0 spiro atoms. The maximum atomic E-state index is 11.8. The van der Waals surface area contributed by atoms with E-state index in [0.717, 1.165) is 5.56 Å². The number of aromatic nitrogens is 1. The molecule has 0 aliphatic carbocycles. The van der Waals surface area contributed by atoms with Gasteiger partial charge >= 0.3 is 6.18 Å². The molecule has 7 heteroatoms. The highest BCUT2D eigenvalue weighted by atomic mass is 19.4. The van der Waals surface area contributed by atoms with Crippen LogP contribution in [0.25, 0.3) is 0 Å². The number of rotatable bonds is 6. The largest absolute Gasteiger partial charge is 0.411 e. The number of ether oxygens (including phenoxy) is 1. The minimum absolute atomic E-state index is 0.0127. The topological polar surface area (TPSA) is 74.2 Å². The van der Waals surface area contributed by atoms with Crippen molar-refractivity contribution in [1.82, 2.24) is 4.98 Å². The lowest BCUT2D eigenvalue weighted by molar-refractivity contribution is -0.174. The molecule has 1 aromatic heterocycles. The maximum absolute atomic E-state index is 11.8. The highest BCUT2D eigenvalue weighted by molar-refractivity contribution is 5.32. The zero-order valence-electron chi connectivity index (χ0n) is 9.78. The van der Waals surface area contributed by atoms with Gasteiger partial charge in [0.1, 0.15) is 12.4 Å². The number of hydrogen-bond donors (Lipinski definition) is 2. The summed E-state index contributed by atoms with van der Waals surface area (Å²) < 4.78 is 39.9. The third-order valence-electron chi connectivity index (χ3n) is 2.24. The second-order valence-corrected chi connectivity index (χ2v) is 4.01. The molecular weight excluding hydrogens is 247 g/mol. The number of alkyl halides is 3. The van der Waals surface area contributed by atoms with E-state index in [9.17, 15) is 13.2 Å². The van der Waals surface area contributed by atoms with Gasteiger partial charge in [-0.3, -0.25) is 0 Å². The summed E-state index contributed by atoms with van der Waals surface area (Å²) in [6.07, 6.45) is -1.83. The summed E-state index contributed by atoms with van der Waals surface area (Å²) in [6, 6.07) is 3.20. The van der Waals surface area contributed by atoms with Gasteiger partial charge in [-0.15, -0.1) is 0 Å². The molecule has 102 valence electrons. The standard InChI is InChI=1S/C11H16F3N3O/c12-11(13,14)7-18-4-2-9(15)5-8-1-3-17-10(16)6-8/h1,3,6,9H,2,4-5,7,15H2,(H2,16,17). The average Bonchev–Trinajstić information content (AvgIpc) is 2.23. The molecule has 4 nitrogen and oxygen atoms in total. The van der Waals surface area contributed by atoms with Crippen molar-refractivity contribution < 1.29 is 17.9 Å². The summed E-state index contributed by atoms with van der Waals surface area (Å²) in [5.41, 5.74) is 12.2. The van der Waals surface area contributed by atoms with Crippen molar-refractivity contribution in [3.8, 4) is 0 Å². The number of pyridine rings is 1. The Bertz CT molecular complexity index is 371. The van der Waals surface area contributed by atoms with Crippen molar-refractivity contribution >= 4 is 5.82 Å². The van der Waals surface area contributed by atoms with Gasteiger partial charge in [-0.2, -0.15) is 13.2 Å². The lowest BCUT2D eigenvalue weighted by Crippen LogP contribution is -2.26. The quantitative estimate of drug-likeness (QED) is 0.763. The van der Waals surface area contributed by atoms with Crippen molar-refractivity contribution in [3.05, 3.63) is 23.9 Å². The molecule has 0 fully saturated rings. The van der Waals surface area contributed by atoms with E-state index in [1.54, 1.807) is 18.3 Å². The summed E-state index contributed by atoms with van der Waals surface area (Å²) in [5.74, 6) is 0.396. The van der Waals surface area contributed by atoms with E-state index in [2.05, 4.69) is 9.72 Å². The third-order valence-corrected chi connectivity index (χ3v) is 2.24. The second kappa shape index (κ2) is 6.55. The van der Waals surface area contributed by atoms with Gasteiger partial charge in [0.15, 0.2) is 0 Å². The molecule has 0 saturated heterocycles. The van der Waals surface area contributed by atoms with Crippen molar-refractivity contribution in [2.45, 2.75) is 25.1 Å². The fraction of sp³-hybridized carbons (Fsp3) is 0.545.